The Labute approximate surface area is 169 Å². The maximum atomic E-state index is 12.5. The van der Waals surface area contributed by atoms with Gasteiger partial charge in [-0.25, -0.2) is 4.79 Å². The molecule has 0 aliphatic carbocycles. The van der Waals surface area contributed by atoms with Crippen LogP contribution in [0.15, 0.2) is 20.9 Å². The van der Waals surface area contributed by atoms with Gasteiger partial charge in [0.15, 0.2) is 0 Å². The van der Waals surface area contributed by atoms with Crippen molar-refractivity contribution in [1.29, 1.82) is 0 Å². The van der Waals surface area contributed by atoms with Gasteiger partial charge in [0.25, 0.3) is 11.8 Å². The molecule has 0 bridgehead atoms. The largest absolute Gasteiger partial charge is 0.477 e. The number of hydrogen-bond acceptors (Lipinski definition) is 10. The van der Waals surface area contributed by atoms with Crippen LogP contribution in [-0.2, 0) is 19.2 Å². The number of amides is 2. The molecule has 2 aliphatic rings. The Morgan fingerprint density at radius 1 is 1.59 bits per heavy atom. The van der Waals surface area contributed by atoms with Gasteiger partial charge in [0.2, 0.25) is 11.5 Å². The molecule has 2 amide bonds. The molecule has 2 aliphatic heterocycles. The summed E-state index contributed by atoms with van der Waals surface area (Å²) in [6.07, 6.45) is 0. The van der Waals surface area contributed by atoms with Crippen LogP contribution in [0.2, 0.25) is 0 Å². The fourth-order valence-corrected chi connectivity index (χ4v) is 4.95. The zero-order valence-corrected chi connectivity index (χ0v) is 16.7. The van der Waals surface area contributed by atoms with Gasteiger partial charge in [0.1, 0.15) is 24.2 Å². The summed E-state index contributed by atoms with van der Waals surface area (Å²) >= 11 is 3.42. The SMILES string of the molecule is CO/N=C(\C(=O)NC1C(=O)N2C(C(=O)O)=C(CI)CS[C@@H]12)c1noc(N)n1. The number of nitrogens with zero attached hydrogens (tertiary/aromatic N) is 4. The molecule has 1 aromatic rings. The smallest absolute Gasteiger partial charge is 0.352 e. The molecule has 1 aromatic heterocycles. The number of halogens is 1. The van der Waals surface area contributed by atoms with Crippen molar-refractivity contribution < 1.29 is 28.9 Å². The predicted octanol–water partition coefficient (Wildman–Crippen LogP) is -0.824. The summed E-state index contributed by atoms with van der Waals surface area (Å²) < 4.78 is 5.10. The zero-order valence-electron chi connectivity index (χ0n) is 13.7. The second-order valence-corrected chi connectivity index (χ2v) is 7.20. The van der Waals surface area contributed by atoms with Crippen LogP contribution in [0.4, 0.5) is 6.01 Å². The van der Waals surface area contributed by atoms with Crippen molar-refractivity contribution in [2.45, 2.75) is 11.4 Å². The van der Waals surface area contributed by atoms with E-state index in [0.29, 0.717) is 15.8 Å². The fraction of sp³-hybridized carbons (Fsp3) is 0.385. The Morgan fingerprint density at radius 3 is 2.89 bits per heavy atom. The minimum atomic E-state index is -1.17. The number of β-lactam (4-membered cyclic amide) rings is 1. The van der Waals surface area contributed by atoms with Crippen molar-refractivity contribution >= 4 is 63.9 Å². The first-order valence-corrected chi connectivity index (χ1v) is 9.94. The normalized spacial score (nSPS) is 22.2. The number of oxime groups is 1. The fourth-order valence-electron chi connectivity index (χ4n) is 2.60. The molecule has 27 heavy (non-hydrogen) atoms. The zero-order chi connectivity index (χ0) is 19.7. The van der Waals surface area contributed by atoms with E-state index in [-0.39, 0.29) is 23.2 Å². The number of anilines is 1. The number of carbonyl (C=O) groups is 3. The highest BCUT2D eigenvalue weighted by Crippen LogP contribution is 2.40. The number of nitrogen functional groups attached to an aromatic ring is 1. The van der Waals surface area contributed by atoms with E-state index < -0.39 is 29.2 Å². The average Bonchev–Trinajstić information content (AvgIpc) is 3.08. The molecule has 1 unspecified atom stereocenters. The van der Waals surface area contributed by atoms with Gasteiger partial charge in [0.05, 0.1) is 0 Å². The Bertz CT molecular complexity index is 869. The molecule has 144 valence electrons. The first-order chi connectivity index (χ1) is 12.9. The van der Waals surface area contributed by atoms with Gasteiger partial charge in [0, 0.05) is 10.2 Å². The molecule has 4 N–H and O–H groups in total. The second kappa shape index (κ2) is 7.71. The molecule has 0 radical (unpaired) electrons. The number of aliphatic carboxylic acids is 1. The first-order valence-electron chi connectivity index (χ1n) is 7.36. The van der Waals surface area contributed by atoms with E-state index in [1.54, 1.807) is 0 Å². The van der Waals surface area contributed by atoms with E-state index in [1.165, 1.54) is 23.8 Å². The number of fused-ring (bicyclic) bond motifs is 1. The lowest BCUT2D eigenvalue weighted by Crippen LogP contribution is -2.71. The predicted molar refractivity (Wildman–Crippen MR) is 101 cm³/mol. The van der Waals surface area contributed by atoms with Gasteiger partial charge in [-0.15, -0.1) is 11.8 Å². The second-order valence-electron chi connectivity index (χ2n) is 5.33. The van der Waals surface area contributed by atoms with E-state index in [1.807, 2.05) is 0 Å². The highest BCUT2D eigenvalue weighted by molar-refractivity contribution is 14.1. The van der Waals surface area contributed by atoms with Crippen LogP contribution in [0.25, 0.3) is 0 Å². The molecule has 1 fully saturated rings. The van der Waals surface area contributed by atoms with Gasteiger partial charge in [-0.2, -0.15) is 4.98 Å². The number of carbonyl (C=O) groups excluding carboxylic acids is 2. The third kappa shape index (κ3) is 3.45. The van der Waals surface area contributed by atoms with Crippen molar-refractivity contribution in [2.75, 3.05) is 23.0 Å². The third-order valence-corrected chi connectivity index (χ3v) is 6.01. The lowest BCUT2D eigenvalue weighted by atomic mass is 10.0. The van der Waals surface area contributed by atoms with Crippen LogP contribution in [0, 0.1) is 0 Å². The van der Waals surface area contributed by atoms with E-state index >= 15 is 0 Å². The minimum Gasteiger partial charge on any atom is -0.477 e. The molecule has 3 heterocycles. The van der Waals surface area contributed by atoms with Crippen LogP contribution in [-0.4, -0.2) is 72.3 Å². The maximum absolute atomic E-state index is 12.5. The Balaban J connectivity index is 1.79. The molecule has 0 spiro atoms. The molecule has 0 aromatic carbocycles. The maximum Gasteiger partial charge on any atom is 0.352 e. The quantitative estimate of drug-likeness (QED) is 0.145. The van der Waals surface area contributed by atoms with E-state index in [2.05, 4.69) is 52.6 Å². The van der Waals surface area contributed by atoms with Crippen LogP contribution in [0.5, 0.6) is 0 Å². The number of hydrogen-bond donors (Lipinski definition) is 3. The van der Waals surface area contributed by atoms with Crippen molar-refractivity contribution in [3.05, 3.63) is 17.1 Å². The summed E-state index contributed by atoms with van der Waals surface area (Å²) in [5, 5.41) is 18.4. The number of carboxylic acids is 1. The third-order valence-electron chi connectivity index (χ3n) is 3.75. The Kier molecular flexibility index (Phi) is 5.54. The van der Waals surface area contributed by atoms with Crippen molar-refractivity contribution in [2.24, 2.45) is 5.16 Å². The van der Waals surface area contributed by atoms with Crippen LogP contribution in [0.3, 0.4) is 0 Å². The van der Waals surface area contributed by atoms with Crippen LogP contribution < -0.4 is 11.1 Å². The van der Waals surface area contributed by atoms with Crippen molar-refractivity contribution in [3.63, 3.8) is 0 Å². The molecule has 3 rings (SSSR count). The van der Waals surface area contributed by atoms with Gasteiger partial charge in [-0.1, -0.05) is 32.9 Å². The van der Waals surface area contributed by atoms with Crippen molar-refractivity contribution in [1.82, 2.24) is 20.4 Å². The van der Waals surface area contributed by atoms with E-state index in [0.717, 1.165) is 0 Å². The number of rotatable bonds is 6. The van der Waals surface area contributed by atoms with Gasteiger partial charge >= 0.3 is 12.0 Å². The highest BCUT2D eigenvalue weighted by Gasteiger charge is 2.54. The van der Waals surface area contributed by atoms with Crippen molar-refractivity contribution in [3.8, 4) is 0 Å². The van der Waals surface area contributed by atoms with E-state index in [9.17, 15) is 19.5 Å². The molecule has 12 nitrogen and oxygen atoms in total. The number of nitrogens with two attached hydrogens (primary N) is 1. The standard InChI is InChI=1S/C13H13IN6O6S/c1-25-18-5(8-17-13(15)26-19-8)9(21)16-6-10(22)20-7(12(23)24)4(2-14)3-27-11(6)20/h6,11H,2-3H2,1H3,(H,16,21)(H,23,24)(H2,15,17,19)/b18-5-/t6?,11-/m0/s1. The Morgan fingerprint density at radius 2 is 2.33 bits per heavy atom. The lowest BCUT2D eigenvalue weighted by molar-refractivity contribution is -0.150. The molecule has 14 heteroatoms. The molecular weight excluding hydrogens is 495 g/mol. The van der Waals surface area contributed by atoms with Gasteiger partial charge in [-0.05, 0) is 5.57 Å². The summed E-state index contributed by atoms with van der Waals surface area (Å²) in [6, 6.07) is -1.18. The summed E-state index contributed by atoms with van der Waals surface area (Å²) in [5.41, 5.74) is 5.64. The number of carboxylic acid groups (broad SMARTS) is 1. The molecule has 0 saturated carbocycles. The molecule has 1 saturated heterocycles. The van der Waals surface area contributed by atoms with Crippen LogP contribution >= 0.6 is 34.4 Å². The topological polar surface area (TPSA) is 173 Å². The highest BCUT2D eigenvalue weighted by atomic mass is 127. The molecular formula is C13H13IN6O6S. The molecule has 2 atom stereocenters. The minimum absolute atomic E-state index is 0.0274. The summed E-state index contributed by atoms with van der Waals surface area (Å²) in [5.74, 6) is -2.23. The van der Waals surface area contributed by atoms with Gasteiger partial charge in [-0.3, -0.25) is 14.5 Å². The van der Waals surface area contributed by atoms with Gasteiger partial charge < -0.3 is 25.5 Å². The monoisotopic (exact) mass is 508 g/mol. The van der Waals surface area contributed by atoms with E-state index in [4.69, 9.17) is 5.73 Å². The number of nitrogens with one attached hydrogen (secondary N) is 1. The number of alkyl halides is 1. The summed E-state index contributed by atoms with van der Waals surface area (Å²) in [7, 11) is 1.22. The lowest BCUT2D eigenvalue weighted by Gasteiger charge is -2.49. The summed E-state index contributed by atoms with van der Waals surface area (Å²) in [6.45, 7) is 0. The van der Waals surface area contributed by atoms with Crippen LogP contribution in [0.1, 0.15) is 5.82 Å². The number of aromatic nitrogens is 2. The Hall–Kier alpha value is -2.36. The average molecular weight is 508 g/mol. The number of thioether (sulfide) groups is 1. The first kappa shape index (κ1) is 19.4. The summed E-state index contributed by atoms with van der Waals surface area (Å²) in [4.78, 5) is 46.0.